The molecule has 0 aliphatic carbocycles. The van der Waals surface area contributed by atoms with Crippen LogP contribution in [0.15, 0.2) is 89.8 Å². The van der Waals surface area contributed by atoms with Crippen LogP contribution in [-0.2, 0) is 37.5 Å². The fourth-order valence-corrected chi connectivity index (χ4v) is 4.79. The second-order valence-electron chi connectivity index (χ2n) is 9.88. The number of unbranched alkanes of at least 4 members (excludes halogenated alkanes) is 1. The molecular formula is C31H38N2O7S. The minimum Gasteiger partial charge on any atom is -0.447 e. The van der Waals surface area contributed by atoms with Gasteiger partial charge in [0.1, 0.15) is 6.61 Å². The van der Waals surface area contributed by atoms with Crippen molar-refractivity contribution in [2.75, 3.05) is 13.2 Å². The Hall–Kier alpha value is -3.57. The quantitative estimate of drug-likeness (QED) is 0.167. The zero-order valence-corrected chi connectivity index (χ0v) is 24.3. The van der Waals surface area contributed by atoms with E-state index in [2.05, 4.69) is 12.4 Å². The highest BCUT2D eigenvalue weighted by Gasteiger charge is 2.40. The molecule has 1 fully saturated rings. The van der Waals surface area contributed by atoms with E-state index in [9.17, 15) is 18.0 Å². The van der Waals surface area contributed by atoms with Crippen molar-refractivity contribution in [1.29, 1.82) is 0 Å². The van der Waals surface area contributed by atoms with Gasteiger partial charge in [-0.3, -0.25) is 14.2 Å². The molecule has 2 amide bonds. The zero-order chi connectivity index (χ0) is 29.7. The van der Waals surface area contributed by atoms with Crippen LogP contribution in [0.4, 0.5) is 4.79 Å². The number of nitrogens with zero attached hydrogens (tertiary/aromatic N) is 1. The lowest BCUT2D eigenvalue weighted by atomic mass is 9.99. The number of benzene rings is 3. The summed E-state index contributed by atoms with van der Waals surface area (Å²) >= 11 is 0. The molecule has 0 radical (unpaired) electrons. The molecule has 3 aromatic carbocycles. The number of hydrogen-bond donors (Lipinski definition) is 2. The van der Waals surface area contributed by atoms with Gasteiger partial charge in [0.25, 0.3) is 10.1 Å². The first-order chi connectivity index (χ1) is 19.7. The summed E-state index contributed by atoms with van der Waals surface area (Å²) in [6.07, 6.45) is 2.62. The molecule has 1 aliphatic heterocycles. The second-order valence-corrected chi connectivity index (χ2v) is 11.3. The van der Waals surface area contributed by atoms with Crippen LogP contribution in [0.1, 0.15) is 42.9 Å². The molecule has 3 aromatic rings. The van der Waals surface area contributed by atoms with Crippen LogP contribution in [0.25, 0.3) is 0 Å². The first-order valence-corrected chi connectivity index (χ1v) is 15.1. The smallest absolute Gasteiger partial charge is 0.416 e. The highest BCUT2D eigenvalue weighted by atomic mass is 32.2. The Morgan fingerprint density at radius 2 is 1.63 bits per heavy atom. The normalized spacial score (nSPS) is 15.5. The van der Waals surface area contributed by atoms with Gasteiger partial charge in [0.15, 0.2) is 0 Å². The number of carbonyl (C=O) groups is 2. The van der Waals surface area contributed by atoms with E-state index in [-0.39, 0.29) is 29.4 Å². The topological polar surface area (TPSA) is 122 Å². The van der Waals surface area contributed by atoms with Gasteiger partial charge in [-0.1, -0.05) is 98.1 Å². The standard InChI is InChI=1S/C24H30N2O4.C7H8O3S/c1-2-3-14-21(16-25-30-17-20-12-8-5-9-13-20)23(27)26-22(18-29-24(26)28)15-19-10-6-4-7-11-19;1-6-2-4-7(5-3-6)11(8,9)10/h4-13,21-22,25H,2-3,14-18H2,1H3;2-5H,1H3,(H,8,9,10). The maximum absolute atomic E-state index is 13.3. The van der Waals surface area contributed by atoms with Gasteiger partial charge in [-0.05, 0) is 43.0 Å². The van der Waals surface area contributed by atoms with Crippen LogP contribution in [-0.4, -0.2) is 49.1 Å². The third-order valence-electron chi connectivity index (χ3n) is 6.60. The molecule has 41 heavy (non-hydrogen) atoms. The average molecular weight is 583 g/mol. The number of aryl methyl sites for hydroxylation is 1. The van der Waals surface area contributed by atoms with E-state index in [0.717, 1.165) is 29.5 Å². The van der Waals surface area contributed by atoms with Gasteiger partial charge in [0, 0.05) is 6.54 Å². The van der Waals surface area contributed by atoms with Gasteiger partial charge in [-0.2, -0.15) is 8.42 Å². The van der Waals surface area contributed by atoms with Crippen LogP contribution >= 0.6 is 0 Å². The van der Waals surface area contributed by atoms with Gasteiger partial charge in [-0.15, -0.1) is 0 Å². The Bertz CT molecular complexity index is 1330. The van der Waals surface area contributed by atoms with Crippen LogP contribution in [0, 0.1) is 12.8 Å². The minimum atomic E-state index is -4.02. The van der Waals surface area contributed by atoms with Crippen molar-refractivity contribution in [2.24, 2.45) is 5.92 Å². The second kappa shape index (κ2) is 16.0. The highest BCUT2D eigenvalue weighted by Crippen LogP contribution is 2.22. The van der Waals surface area contributed by atoms with E-state index in [1.807, 2.05) is 67.6 Å². The molecule has 10 heteroatoms. The number of hydroxylamine groups is 1. The summed E-state index contributed by atoms with van der Waals surface area (Å²) in [5.41, 5.74) is 6.01. The summed E-state index contributed by atoms with van der Waals surface area (Å²) < 4.78 is 34.8. The van der Waals surface area contributed by atoms with Crippen LogP contribution in [0.3, 0.4) is 0 Å². The Morgan fingerprint density at radius 3 is 2.22 bits per heavy atom. The number of hydrogen-bond acceptors (Lipinski definition) is 7. The van der Waals surface area contributed by atoms with Crippen molar-refractivity contribution in [3.8, 4) is 0 Å². The Morgan fingerprint density at radius 1 is 1.02 bits per heavy atom. The number of ether oxygens (including phenoxy) is 1. The number of cyclic esters (lactones) is 1. The molecular weight excluding hydrogens is 544 g/mol. The lowest BCUT2D eigenvalue weighted by molar-refractivity contribution is -0.134. The molecule has 2 N–H and O–H groups in total. The first kappa shape index (κ1) is 32.0. The predicted molar refractivity (Wildman–Crippen MR) is 155 cm³/mol. The van der Waals surface area contributed by atoms with E-state index >= 15 is 0 Å². The van der Waals surface area contributed by atoms with Crippen molar-refractivity contribution in [1.82, 2.24) is 10.4 Å². The third-order valence-corrected chi connectivity index (χ3v) is 7.47. The fraction of sp³-hybridized carbons (Fsp3) is 0.355. The molecule has 2 atom stereocenters. The van der Waals surface area contributed by atoms with Crippen molar-refractivity contribution in [3.63, 3.8) is 0 Å². The maximum atomic E-state index is 13.3. The van der Waals surface area contributed by atoms with E-state index in [1.165, 1.54) is 17.0 Å². The number of amides is 2. The largest absolute Gasteiger partial charge is 0.447 e. The van der Waals surface area contributed by atoms with E-state index in [1.54, 1.807) is 12.1 Å². The van der Waals surface area contributed by atoms with Crippen LogP contribution in [0.2, 0.25) is 0 Å². The molecule has 0 aromatic heterocycles. The molecule has 9 nitrogen and oxygen atoms in total. The number of nitrogens with one attached hydrogen (secondary N) is 1. The Kier molecular flexibility index (Phi) is 12.5. The Labute approximate surface area is 242 Å². The van der Waals surface area contributed by atoms with E-state index in [4.69, 9.17) is 14.1 Å². The van der Waals surface area contributed by atoms with Gasteiger partial charge < -0.3 is 4.74 Å². The monoisotopic (exact) mass is 582 g/mol. The molecule has 0 saturated carbocycles. The lowest BCUT2D eigenvalue weighted by Gasteiger charge is -2.25. The molecule has 4 rings (SSSR count). The van der Waals surface area contributed by atoms with Crippen molar-refractivity contribution < 1.29 is 32.1 Å². The van der Waals surface area contributed by atoms with Crippen LogP contribution in [0.5, 0.6) is 0 Å². The highest BCUT2D eigenvalue weighted by molar-refractivity contribution is 7.85. The van der Waals surface area contributed by atoms with Crippen molar-refractivity contribution in [3.05, 3.63) is 102 Å². The number of rotatable bonds is 12. The molecule has 2 unspecified atom stereocenters. The SMILES string of the molecule is CCCCC(CNOCc1ccccc1)C(=O)N1C(=O)OCC1Cc1ccccc1.Cc1ccc(S(=O)(=O)O)cc1. The molecule has 0 spiro atoms. The molecule has 1 heterocycles. The molecule has 1 aliphatic rings. The van der Waals surface area contributed by atoms with Crippen molar-refractivity contribution >= 4 is 22.1 Å². The van der Waals surface area contributed by atoms with Gasteiger partial charge >= 0.3 is 6.09 Å². The number of carbonyl (C=O) groups excluding carboxylic acids is 2. The minimum absolute atomic E-state index is 0.0666. The number of imide groups is 1. The summed E-state index contributed by atoms with van der Waals surface area (Å²) in [5.74, 6) is -0.535. The molecule has 0 bridgehead atoms. The van der Waals surface area contributed by atoms with Crippen LogP contribution < -0.4 is 5.48 Å². The fourth-order valence-electron chi connectivity index (χ4n) is 4.31. The Balaban J connectivity index is 0.000000352. The molecule has 1 saturated heterocycles. The van der Waals surface area contributed by atoms with E-state index < -0.39 is 16.2 Å². The third kappa shape index (κ3) is 10.4. The summed E-state index contributed by atoms with van der Waals surface area (Å²) in [7, 11) is -4.02. The predicted octanol–water partition coefficient (Wildman–Crippen LogP) is 5.35. The van der Waals surface area contributed by atoms with Gasteiger partial charge in [0.05, 0.1) is 23.5 Å². The van der Waals surface area contributed by atoms with Gasteiger partial charge in [0.2, 0.25) is 5.91 Å². The lowest BCUT2D eigenvalue weighted by Crippen LogP contribution is -2.46. The maximum Gasteiger partial charge on any atom is 0.416 e. The van der Waals surface area contributed by atoms with Crippen molar-refractivity contribution in [2.45, 2.75) is 57.1 Å². The van der Waals surface area contributed by atoms with E-state index in [0.29, 0.717) is 26.0 Å². The summed E-state index contributed by atoms with van der Waals surface area (Å²) in [4.78, 5) is 32.4. The summed E-state index contributed by atoms with van der Waals surface area (Å²) in [6.45, 7) is 4.93. The first-order valence-electron chi connectivity index (χ1n) is 13.7. The van der Waals surface area contributed by atoms with Gasteiger partial charge in [-0.25, -0.2) is 15.2 Å². The summed E-state index contributed by atoms with van der Waals surface area (Å²) in [6, 6.07) is 25.4. The average Bonchev–Trinajstić information content (AvgIpc) is 3.33. The summed E-state index contributed by atoms with van der Waals surface area (Å²) in [5, 5.41) is 0. The molecule has 220 valence electrons. The zero-order valence-electron chi connectivity index (χ0n) is 23.4.